The van der Waals surface area contributed by atoms with Gasteiger partial charge in [-0.25, -0.2) is 4.79 Å². The second-order valence-electron chi connectivity index (χ2n) is 8.66. The first-order chi connectivity index (χ1) is 16.3. The number of rotatable bonds is 8. The van der Waals surface area contributed by atoms with E-state index >= 15 is 0 Å². The van der Waals surface area contributed by atoms with E-state index in [1.54, 1.807) is 24.1 Å². The van der Waals surface area contributed by atoms with Gasteiger partial charge in [0.2, 0.25) is 0 Å². The highest BCUT2D eigenvalue weighted by molar-refractivity contribution is 5.98. The van der Waals surface area contributed by atoms with Crippen molar-refractivity contribution in [2.24, 2.45) is 5.92 Å². The van der Waals surface area contributed by atoms with Gasteiger partial charge in [0, 0.05) is 31.7 Å². The van der Waals surface area contributed by atoms with Crippen molar-refractivity contribution in [2.45, 2.75) is 26.8 Å². The number of ether oxygens (including phenoxy) is 2. The van der Waals surface area contributed by atoms with E-state index in [4.69, 9.17) is 9.47 Å². The maximum absolute atomic E-state index is 12.7. The lowest BCUT2D eigenvalue weighted by Gasteiger charge is -2.36. The van der Waals surface area contributed by atoms with Crippen molar-refractivity contribution in [3.05, 3.63) is 59.7 Å². The Morgan fingerprint density at radius 1 is 0.971 bits per heavy atom. The van der Waals surface area contributed by atoms with Crippen molar-refractivity contribution in [1.82, 2.24) is 10.2 Å². The average Bonchev–Trinajstić information content (AvgIpc) is 2.85. The molecule has 1 saturated heterocycles. The Morgan fingerprint density at radius 2 is 1.62 bits per heavy atom. The van der Waals surface area contributed by atoms with E-state index in [0.29, 0.717) is 31.7 Å². The number of carbonyl (C=O) groups is 3. The molecule has 0 aliphatic carbocycles. The molecule has 3 rings (SSSR count). The number of anilines is 1. The molecule has 1 aliphatic rings. The molecule has 0 spiro atoms. The Bertz CT molecular complexity index is 1020. The summed E-state index contributed by atoms with van der Waals surface area (Å²) in [6, 6.07) is 14.1. The Morgan fingerprint density at radius 3 is 2.26 bits per heavy atom. The van der Waals surface area contributed by atoms with Crippen molar-refractivity contribution < 1.29 is 23.9 Å². The minimum atomic E-state index is -0.845. The molecule has 1 N–H and O–H groups in total. The normalized spacial score (nSPS) is 14.5. The average molecular weight is 468 g/mol. The lowest BCUT2D eigenvalue weighted by atomic mass is 10.0. The Balaban J connectivity index is 1.52. The van der Waals surface area contributed by atoms with Crippen molar-refractivity contribution >= 4 is 23.5 Å². The molecule has 0 saturated carbocycles. The molecular formula is C26H33N3O5. The molecule has 0 bridgehead atoms. The van der Waals surface area contributed by atoms with Crippen LogP contribution in [-0.4, -0.2) is 68.6 Å². The largest absolute Gasteiger partial charge is 0.495 e. The van der Waals surface area contributed by atoms with Gasteiger partial charge < -0.3 is 24.6 Å². The van der Waals surface area contributed by atoms with E-state index in [-0.39, 0.29) is 24.3 Å². The summed E-state index contributed by atoms with van der Waals surface area (Å²) in [5.74, 6) is -0.602. The predicted octanol–water partition coefficient (Wildman–Crippen LogP) is 2.65. The highest BCUT2D eigenvalue weighted by Gasteiger charge is 2.29. The third-order valence-corrected chi connectivity index (χ3v) is 5.99. The van der Waals surface area contributed by atoms with Gasteiger partial charge in [-0.05, 0) is 36.6 Å². The Labute approximate surface area is 200 Å². The number of nitrogens with zero attached hydrogens (tertiary/aromatic N) is 2. The molecule has 34 heavy (non-hydrogen) atoms. The standard InChI is InChI=1S/C26H33N3O5/c1-18(2)24(27-25(31)20-10-6-5-9-19(20)3)26(32)34-17-23(30)29-15-13-28(14-16-29)21-11-7-8-12-22(21)33-4/h5-12,18,24H,13-17H2,1-4H3,(H,27,31). The van der Waals surface area contributed by atoms with Crippen molar-refractivity contribution in [3.8, 4) is 5.75 Å². The minimum Gasteiger partial charge on any atom is -0.495 e. The smallest absolute Gasteiger partial charge is 0.329 e. The summed E-state index contributed by atoms with van der Waals surface area (Å²) in [5, 5.41) is 2.75. The van der Waals surface area contributed by atoms with Crippen LogP contribution in [0.4, 0.5) is 5.69 Å². The van der Waals surface area contributed by atoms with Crippen molar-refractivity contribution in [2.75, 3.05) is 44.8 Å². The van der Waals surface area contributed by atoms with Crippen LogP contribution in [0.5, 0.6) is 5.75 Å². The van der Waals surface area contributed by atoms with Gasteiger partial charge in [-0.3, -0.25) is 9.59 Å². The summed E-state index contributed by atoms with van der Waals surface area (Å²) in [4.78, 5) is 41.9. The summed E-state index contributed by atoms with van der Waals surface area (Å²) in [5.41, 5.74) is 2.32. The highest BCUT2D eigenvalue weighted by Crippen LogP contribution is 2.28. The number of piperazine rings is 1. The van der Waals surface area contributed by atoms with Crippen LogP contribution in [0.1, 0.15) is 29.8 Å². The zero-order chi connectivity index (χ0) is 24.7. The molecule has 0 radical (unpaired) electrons. The van der Waals surface area contributed by atoms with E-state index in [2.05, 4.69) is 10.2 Å². The van der Waals surface area contributed by atoms with E-state index in [1.165, 1.54) is 0 Å². The highest BCUT2D eigenvalue weighted by atomic mass is 16.5. The van der Waals surface area contributed by atoms with E-state index in [9.17, 15) is 14.4 Å². The topological polar surface area (TPSA) is 88.2 Å². The molecule has 182 valence electrons. The first-order valence-corrected chi connectivity index (χ1v) is 11.5. The number of benzene rings is 2. The quantitative estimate of drug-likeness (QED) is 0.601. The number of hydrogen-bond acceptors (Lipinski definition) is 6. The van der Waals surface area contributed by atoms with Crippen LogP contribution in [0.2, 0.25) is 0 Å². The van der Waals surface area contributed by atoms with Gasteiger partial charge in [0.25, 0.3) is 11.8 Å². The SMILES string of the molecule is COc1ccccc1N1CCN(C(=O)COC(=O)C(NC(=O)c2ccccc2C)C(C)C)CC1. The lowest BCUT2D eigenvalue weighted by Crippen LogP contribution is -2.51. The van der Waals surface area contributed by atoms with E-state index in [0.717, 1.165) is 17.0 Å². The van der Waals surface area contributed by atoms with Crippen LogP contribution in [0.15, 0.2) is 48.5 Å². The van der Waals surface area contributed by atoms with E-state index < -0.39 is 12.0 Å². The first kappa shape index (κ1) is 25.1. The number of hydrogen-bond donors (Lipinski definition) is 1. The number of carbonyl (C=O) groups excluding carboxylic acids is 3. The van der Waals surface area contributed by atoms with E-state index in [1.807, 2.05) is 57.2 Å². The van der Waals surface area contributed by atoms with Crippen LogP contribution < -0.4 is 15.0 Å². The number of methoxy groups -OCH3 is 1. The molecule has 1 heterocycles. The molecule has 2 aromatic rings. The van der Waals surface area contributed by atoms with Crippen molar-refractivity contribution in [1.29, 1.82) is 0 Å². The number of para-hydroxylation sites is 2. The summed E-state index contributed by atoms with van der Waals surface area (Å²) >= 11 is 0. The molecule has 0 aromatic heterocycles. The van der Waals surface area contributed by atoms with Gasteiger partial charge >= 0.3 is 5.97 Å². The number of esters is 1. The van der Waals surface area contributed by atoms with Gasteiger partial charge in [0.1, 0.15) is 11.8 Å². The molecule has 8 nitrogen and oxygen atoms in total. The summed E-state index contributed by atoms with van der Waals surface area (Å²) < 4.78 is 10.7. The molecule has 2 amide bonds. The van der Waals surface area contributed by atoms with Crippen molar-refractivity contribution in [3.63, 3.8) is 0 Å². The molecule has 8 heteroatoms. The lowest BCUT2D eigenvalue weighted by molar-refractivity contribution is -0.154. The van der Waals surface area contributed by atoms with Gasteiger partial charge in [0.05, 0.1) is 12.8 Å². The van der Waals surface area contributed by atoms with Crippen LogP contribution in [0.3, 0.4) is 0 Å². The zero-order valence-corrected chi connectivity index (χ0v) is 20.2. The molecule has 1 fully saturated rings. The second kappa shape index (κ2) is 11.5. The maximum atomic E-state index is 12.7. The fourth-order valence-corrected chi connectivity index (χ4v) is 3.95. The summed E-state index contributed by atoms with van der Waals surface area (Å²) in [6.45, 7) is 7.48. The van der Waals surface area contributed by atoms with Crippen LogP contribution in [-0.2, 0) is 14.3 Å². The Hall–Kier alpha value is -3.55. The van der Waals surface area contributed by atoms with Gasteiger partial charge in [-0.2, -0.15) is 0 Å². The van der Waals surface area contributed by atoms with Crippen LogP contribution in [0, 0.1) is 12.8 Å². The second-order valence-corrected chi connectivity index (χ2v) is 8.66. The third kappa shape index (κ3) is 6.07. The third-order valence-electron chi connectivity index (χ3n) is 5.99. The molecular weight excluding hydrogens is 434 g/mol. The molecule has 1 unspecified atom stereocenters. The minimum absolute atomic E-state index is 0.194. The zero-order valence-electron chi connectivity index (χ0n) is 20.2. The predicted molar refractivity (Wildman–Crippen MR) is 130 cm³/mol. The fourth-order valence-electron chi connectivity index (χ4n) is 3.95. The van der Waals surface area contributed by atoms with Gasteiger partial charge in [-0.1, -0.05) is 44.2 Å². The summed E-state index contributed by atoms with van der Waals surface area (Å²) in [7, 11) is 1.64. The number of amides is 2. The maximum Gasteiger partial charge on any atom is 0.329 e. The fraction of sp³-hybridized carbons (Fsp3) is 0.423. The first-order valence-electron chi connectivity index (χ1n) is 11.5. The summed E-state index contributed by atoms with van der Waals surface area (Å²) in [6.07, 6.45) is 0. The number of nitrogens with one attached hydrogen (secondary N) is 1. The molecule has 1 aliphatic heterocycles. The van der Waals surface area contributed by atoms with Gasteiger partial charge in [-0.15, -0.1) is 0 Å². The molecule has 1 atom stereocenters. The monoisotopic (exact) mass is 467 g/mol. The Kier molecular flexibility index (Phi) is 8.51. The van der Waals surface area contributed by atoms with Gasteiger partial charge in [0.15, 0.2) is 6.61 Å². The van der Waals surface area contributed by atoms with Crippen LogP contribution >= 0.6 is 0 Å². The number of aryl methyl sites for hydroxylation is 1. The van der Waals surface area contributed by atoms with Crippen LogP contribution in [0.25, 0.3) is 0 Å². The molecule has 2 aromatic carbocycles.